The summed E-state index contributed by atoms with van der Waals surface area (Å²) >= 11 is 0. The molecule has 0 spiro atoms. The summed E-state index contributed by atoms with van der Waals surface area (Å²) in [7, 11) is 2.21. The first-order valence-electron chi connectivity index (χ1n) is 7.68. The summed E-state index contributed by atoms with van der Waals surface area (Å²) in [5, 5.41) is 3.54. The molecule has 0 fully saturated rings. The van der Waals surface area contributed by atoms with Gasteiger partial charge in [-0.05, 0) is 30.9 Å². The molecule has 0 aliphatic rings. The van der Waals surface area contributed by atoms with Gasteiger partial charge in [0.1, 0.15) is 0 Å². The van der Waals surface area contributed by atoms with Gasteiger partial charge in [-0.1, -0.05) is 52.3 Å². The highest BCUT2D eigenvalue weighted by molar-refractivity contribution is 5.55. The van der Waals surface area contributed by atoms with Crippen LogP contribution in [0.5, 0.6) is 0 Å². The zero-order valence-corrected chi connectivity index (χ0v) is 14.5. The highest BCUT2D eigenvalue weighted by atomic mass is 15.1. The van der Waals surface area contributed by atoms with Gasteiger partial charge in [0.2, 0.25) is 0 Å². The maximum absolute atomic E-state index is 3.54. The van der Waals surface area contributed by atoms with Crippen molar-refractivity contribution in [2.45, 2.75) is 67.1 Å². The molecular weight excluding hydrogens is 244 g/mol. The normalized spacial score (nSPS) is 13.7. The second kappa shape index (κ2) is 6.62. The second-order valence-electron chi connectivity index (χ2n) is 7.32. The minimum absolute atomic E-state index is 0.266. The Morgan fingerprint density at radius 3 is 2.25 bits per heavy atom. The van der Waals surface area contributed by atoms with Crippen LogP contribution < -0.4 is 10.2 Å². The summed E-state index contributed by atoms with van der Waals surface area (Å²) < 4.78 is 0. The summed E-state index contributed by atoms with van der Waals surface area (Å²) in [5.74, 6) is 0. The van der Waals surface area contributed by atoms with E-state index in [0.29, 0.717) is 12.1 Å². The molecule has 0 saturated heterocycles. The molecule has 0 heterocycles. The number of rotatable bonds is 5. The molecule has 114 valence electrons. The lowest BCUT2D eigenvalue weighted by atomic mass is 9.86. The third kappa shape index (κ3) is 4.52. The zero-order valence-electron chi connectivity index (χ0n) is 14.5. The largest absolute Gasteiger partial charge is 0.371 e. The Kier molecular flexibility index (Phi) is 5.64. The Morgan fingerprint density at radius 1 is 1.15 bits per heavy atom. The zero-order chi connectivity index (χ0) is 15.5. The van der Waals surface area contributed by atoms with E-state index in [2.05, 4.69) is 83.9 Å². The van der Waals surface area contributed by atoms with Crippen molar-refractivity contribution in [2.75, 3.05) is 11.9 Å². The molecule has 20 heavy (non-hydrogen) atoms. The van der Waals surface area contributed by atoms with E-state index >= 15 is 0 Å². The van der Waals surface area contributed by atoms with Crippen molar-refractivity contribution in [1.82, 2.24) is 5.32 Å². The van der Waals surface area contributed by atoms with Gasteiger partial charge in [0.15, 0.2) is 0 Å². The van der Waals surface area contributed by atoms with E-state index in [1.54, 1.807) is 0 Å². The number of aryl methyl sites for hydroxylation is 1. The summed E-state index contributed by atoms with van der Waals surface area (Å²) in [6.07, 6.45) is 0. The molecule has 1 N–H and O–H groups in total. The van der Waals surface area contributed by atoms with Crippen LogP contribution in [-0.4, -0.2) is 19.1 Å². The number of anilines is 1. The van der Waals surface area contributed by atoms with E-state index in [9.17, 15) is 0 Å². The van der Waals surface area contributed by atoms with Crippen LogP contribution >= 0.6 is 0 Å². The van der Waals surface area contributed by atoms with Gasteiger partial charge in [0.25, 0.3) is 0 Å². The first-order chi connectivity index (χ1) is 9.12. The van der Waals surface area contributed by atoms with Crippen LogP contribution in [0, 0.1) is 12.3 Å². The first-order valence-corrected chi connectivity index (χ1v) is 7.68. The van der Waals surface area contributed by atoms with Crippen LogP contribution in [0.4, 0.5) is 5.69 Å². The van der Waals surface area contributed by atoms with Gasteiger partial charge in [-0.25, -0.2) is 0 Å². The van der Waals surface area contributed by atoms with Crippen molar-refractivity contribution >= 4 is 5.69 Å². The number of benzene rings is 1. The molecule has 0 radical (unpaired) electrons. The van der Waals surface area contributed by atoms with Gasteiger partial charge in [0, 0.05) is 31.4 Å². The van der Waals surface area contributed by atoms with Crippen LogP contribution in [-0.2, 0) is 6.54 Å². The van der Waals surface area contributed by atoms with Crippen molar-refractivity contribution in [1.29, 1.82) is 0 Å². The molecule has 1 aromatic carbocycles. The van der Waals surface area contributed by atoms with Gasteiger partial charge in [-0.3, -0.25) is 0 Å². The molecule has 0 aliphatic carbocycles. The lowest BCUT2D eigenvalue weighted by Crippen LogP contribution is -2.40. The Bertz CT molecular complexity index is 430. The fourth-order valence-electron chi connectivity index (χ4n) is 2.30. The third-order valence-corrected chi connectivity index (χ3v) is 4.15. The van der Waals surface area contributed by atoms with Gasteiger partial charge in [-0.15, -0.1) is 0 Å². The van der Waals surface area contributed by atoms with Crippen molar-refractivity contribution in [3.63, 3.8) is 0 Å². The topological polar surface area (TPSA) is 15.3 Å². The van der Waals surface area contributed by atoms with Crippen molar-refractivity contribution in [3.8, 4) is 0 Å². The quantitative estimate of drug-likeness (QED) is 0.859. The molecule has 1 aromatic rings. The molecule has 0 saturated carbocycles. The number of hydrogen-bond donors (Lipinski definition) is 1. The average molecular weight is 276 g/mol. The molecular formula is C18H32N2. The van der Waals surface area contributed by atoms with E-state index in [1.807, 2.05) is 0 Å². The molecule has 1 unspecified atom stereocenters. The molecule has 2 nitrogen and oxygen atoms in total. The number of nitrogens with zero attached hydrogens (tertiary/aromatic N) is 1. The lowest BCUT2D eigenvalue weighted by Gasteiger charge is -2.38. The maximum Gasteiger partial charge on any atom is 0.0412 e. The average Bonchev–Trinajstić information content (AvgIpc) is 2.33. The minimum atomic E-state index is 0.266. The van der Waals surface area contributed by atoms with Crippen LogP contribution in [0.2, 0.25) is 0 Å². The van der Waals surface area contributed by atoms with Crippen LogP contribution in [0.15, 0.2) is 18.2 Å². The van der Waals surface area contributed by atoms with Gasteiger partial charge in [-0.2, -0.15) is 0 Å². The number of hydrogen-bond acceptors (Lipinski definition) is 2. The third-order valence-electron chi connectivity index (χ3n) is 4.15. The molecule has 0 bridgehead atoms. The maximum atomic E-state index is 3.54. The summed E-state index contributed by atoms with van der Waals surface area (Å²) in [6.45, 7) is 16.7. The van der Waals surface area contributed by atoms with E-state index in [-0.39, 0.29) is 5.41 Å². The molecule has 0 aliphatic heterocycles. The Balaban J connectivity index is 3.04. The predicted molar refractivity (Wildman–Crippen MR) is 90.5 cm³/mol. The molecule has 2 heteroatoms. The van der Waals surface area contributed by atoms with Gasteiger partial charge < -0.3 is 10.2 Å². The Morgan fingerprint density at radius 2 is 1.75 bits per heavy atom. The Labute approximate surface area is 125 Å². The molecule has 1 atom stereocenters. The highest BCUT2D eigenvalue weighted by Gasteiger charge is 2.25. The summed E-state index contributed by atoms with van der Waals surface area (Å²) in [5.41, 5.74) is 4.32. The van der Waals surface area contributed by atoms with Crippen LogP contribution in [0.25, 0.3) is 0 Å². The lowest BCUT2D eigenvalue weighted by molar-refractivity contribution is 0.329. The van der Waals surface area contributed by atoms with Crippen molar-refractivity contribution < 1.29 is 0 Å². The Hall–Kier alpha value is -1.02. The highest BCUT2D eigenvalue weighted by Crippen LogP contribution is 2.30. The second-order valence-corrected chi connectivity index (χ2v) is 7.32. The molecule has 1 rings (SSSR count). The fourth-order valence-corrected chi connectivity index (χ4v) is 2.30. The standard InChI is InChI=1S/C18H32N2/c1-13(2)19-12-16-11-14(3)9-10-17(16)20(8)15(4)18(5,6)7/h9-11,13,15,19H,12H2,1-8H3. The SMILES string of the molecule is Cc1ccc(N(C)C(C)C(C)(C)C)c(CNC(C)C)c1. The monoisotopic (exact) mass is 276 g/mol. The van der Waals surface area contributed by atoms with Crippen molar-refractivity contribution in [3.05, 3.63) is 29.3 Å². The van der Waals surface area contributed by atoms with E-state index in [4.69, 9.17) is 0 Å². The number of nitrogens with one attached hydrogen (secondary N) is 1. The molecule has 0 amide bonds. The molecule has 0 aromatic heterocycles. The van der Waals surface area contributed by atoms with Crippen LogP contribution in [0.3, 0.4) is 0 Å². The van der Waals surface area contributed by atoms with Gasteiger partial charge in [0.05, 0.1) is 0 Å². The van der Waals surface area contributed by atoms with E-state index < -0.39 is 0 Å². The van der Waals surface area contributed by atoms with Crippen LogP contribution in [0.1, 0.15) is 52.7 Å². The van der Waals surface area contributed by atoms with E-state index in [1.165, 1.54) is 16.8 Å². The van der Waals surface area contributed by atoms with Crippen molar-refractivity contribution in [2.24, 2.45) is 5.41 Å². The summed E-state index contributed by atoms with van der Waals surface area (Å²) in [6, 6.07) is 7.77. The predicted octanol–water partition coefficient (Wildman–Crippen LogP) is 4.36. The fraction of sp³-hybridized carbons (Fsp3) is 0.667. The smallest absolute Gasteiger partial charge is 0.0412 e. The van der Waals surface area contributed by atoms with Gasteiger partial charge >= 0.3 is 0 Å². The first kappa shape index (κ1) is 17.0. The van der Waals surface area contributed by atoms with E-state index in [0.717, 1.165) is 6.54 Å². The minimum Gasteiger partial charge on any atom is -0.371 e. The summed E-state index contributed by atoms with van der Waals surface area (Å²) in [4.78, 5) is 2.41.